The van der Waals surface area contributed by atoms with Crippen molar-refractivity contribution in [3.63, 3.8) is 0 Å². The Morgan fingerprint density at radius 2 is 1.94 bits per heavy atom. The van der Waals surface area contributed by atoms with Gasteiger partial charge >= 0.3 is 5.97 Å². The molecule has 1 aliphatic heterocycles. The molecule has 5 nitrogen and oxygen atoms in total. The number of hydrogen-bond acceptors (Lipinski definition) is 4. The fourth-order valence-electron chi connectivity index (χ4n) is 2.10. The van der Waals surface area contributed by atoms with E-state index in [2.05, 4.69) is 5.32 Å². The van der Waals surface area contributed by atoms with Gasteiger partial charge in [-0.3, -0.25) is 4.79 Å². The molecule has 0 spiro atoms. The van der Waals surface area contributed by atoms with Crippen molar-refractivity contribution in [1.82, 2.24) is 5.32 Å². The number of carboxylic acids is 1. The molecule has 1 saturated heterocycles. The molecule has 2 N–H and O–H groups in total. The quantitative estimate of drug-likeness (QED) is 0.781. The Labute approximate surface area is 105 Å². The number of piperazine rings is 1. The monoisotopic (exact) mass is 248 g/mol. The molecule has 0 atom stereocenters. The average molecular weight is 248 g/mol. The van der Waals surface area contributed by atoms with Gasteiger partial charge in [0.05, 0.1) is 11.3 Å². The second-order valence-corrected chi connectivity index (χ2v) is 4.33. The van der Waals surface area contributed by atoms with E-state index >= 15 is 0 Å². The van der Waals surface area contributed by atoms with Crippen LogP contribution in [0.25, 0.3) is 0 Å². The minimum Gasteiger partial charge on any atom is -0.478 e. The summed E-state index contributed by atoms with van der Waals surface area (Å²) in [6, 6.07) is 4.75. The molecule has 0 aromatic heterocycles. The minimum absolute atomic E-state index is 0.0525. The number of nitrogens with zero attached hydrogens (tertiary/aromatic N) is 1. The highest BCUT2D eigenvalue weighted by molar-refractivity contribution is 6.00. The van der Waals surface area contributed by atoms with Gasteiger partial charge in [-0.15, -0.1) is 0 Å². The first-order chi connectivity index (χ1) is 8.59. The molecule has 0 radical (unpaired) electrons. The molecule has 96 valence electrons. The fourth-order valence-corrected chi connectivity index (χ4v) is 2.10. The van der Waals surface area contributed by atoms with Gasteiger partial charge in [0, 0.05) is 31.7 Å². The summed E-state index contributed by atoms with van der Waals surface area (Å²) in [5.74, 6) is -1.01. The molecule has 1 heterocycles. The van der Waals surface area contributed by atoms with E-state index in [1.165, 1.54) is 13.0 Å². The number of benzene rings is 1. The molecule has 0 unspecified atom stereocenters. The lowest BCUT2D eigenvalue weighted by molar-refractivity contribution is 0.0697. The number of carbonyl (C=O) groups is 2. The average Bonchev–Trinajstić information content (AvgIpc) is 2.39. The Balaban J connectivity index is 2.42. The second-order valence-electron chi connectivity index (χ2n) is 4.33. The van der Waals surface area contributed by atoms with Gasteiger partial charge in [0.2, 0.25) is 0 Å². The van der Waals surface area contributed by atoms with Crippen molar-refractivity contribution < 1.29 is 14.7 Å². The molecule has 18 heavy (non-hydrogen) atoms. The topological polar surface area (TPSA) is 69.6 Å². The summed E-state index contributed by atoms with van der Waals surface area (Å²) < 4.78 is 0. The Kier molecular flexibility index (Phi) is 3.62. The van der Waals surface area contributed by atoms with Gasteiger partial charge in [0.15, 0.2) is 5.78 Å². The molecule has 0 aliphatic carbocycles. The first-order valence-corrected chi connectivity index (χ1v) is 5.93. The van der Waals surface area contributed by atoms with E-state index in [1.807, 2.05) is 4.90 Å². The standard InChI is InChI=1S/C13H16N2O3/c1-9(16)10-2-3-11(13(17)18)12(8-10)15-6-4-14-5-7-15/h2-3,8,14H,4-7H2,1H3,(H,17,18). The lowest BCUT2D eigenvalue weighted by Crippen LogP contribution is -2.44. The Bertz CT molecular complexity index is 479. The lowest BCUT2D eigenvalue weighted by atomic mass is 10.0. The van der Waals surface area contributed by atoms with Gasteiger partial charge in [-0.25, -0.2) is 4.79 Å². The van der Waals surface area contributed by atoms with E-state index in [1.54, 1.807) is 12.1 Å². The van der Waals surface area contributed by atoms with Crippen molar-refractivity contribution in [2.24, 2.45) is 0 Å². The van der Waals surface area contributed by atoms with Gasteiger partial charge in [-0.1, -0.05) is 6.07 Å². The molecule has 1 aliphatic rings. The summed E-state index contributed by atoms with van der Waals surface area (Å²) >= 11 is 0. The van der Waals surface area contributed by atoms with Gasteiger partial charge in [0.25, 0.3) is 0 Å². The summed E-state index contributed by atoms with van der Waals surface area (Å²) in [7, 11) is 0. The number of Topliss-reactive ketones (excluding diaryl/α,β-unsaturated/α-hetero) is 1. The summed E-state index contributed by atoms with van der Waals surface area (Å²) in [5.41, 5.74) is 1.44. The third kappa shape index (κ3) is 2.51. The predicted molar refractivity (Wildman–Crippen MR) is 68.5 cm³/mol. The first-order valence-electron chi connectivity index (χ1n) is 5.93. The van der Waals surface area contributed by atoms with Crippen LogP contribution < -0.4 is 10.2 Å². The third-order valence-electron chi connectivity index (χ3n) is 3.09. The fraction of sp³-hybridized carbons (Fsp3) is 0.385. The predicted octanol–water partition coefficient (Wildman–Crippen LogP) is 0.997. The van der Waals surface area contributed by atoms with E-state index in [9.17, 15) is 14.7 Å². The maximum Gasteiger partial charge on any atom is 0.337 e. The molecule has 1 aromatic rings. The zero-order valence-electron chi connectivity index (χ0n) is 10.3. The summed E-state index contributed by atoms with van der Waals surface area (Å²) in [6.45, 7) is 4.63. The number of anilines is 1. The van der Waals surface area contributed by atoms with E-state index < -0.39 is 5.97 Å². The van der Waals surface area contributed by atoms with Crippen molar-refractivity contribution in [2.75, 3.05) is 31.1 Å². The molecule has 1 fully saturated rings. The highest BCUT2D eigenvalue weighted by Crippen LogP contribution is 2.23. The molecular formula is C13H16N2O3. The number of nitrogens with one attached hydrogen (secondary N) is 1. The van der Waals surface area contributed by atoms with Crippen LogP contribution in [0.5, 0.6) is 0 Å². The Hall–Kier alpha value is -1.88. The summed E-state index contributed by atoms with van der Waals surface area (Å²) in [5, 5.41) is 12.4. The number of carbonyl (C=O) groups excluding carboxylic acids is 1. The summed E-state index contributed by atoms with van der Waals surface area (Å²) in [6.07, 6.45) is 0. The number of ketones is 1. The van der Waals surface area contributed by atoms with Gasteiger partial charge < -0.3 is 15.3 Å². The van der Waals surface area contributed by atoms with Crippen LogP contribution in [-0.4, -0.2) is 43.0 Å². The van der Waals surface area contributed by atoms with Crippen LogP contribution >= 0.6 is 0 Å². The van der Waals surface area contributed by atoms with E-state index in [4.69, 9.17) is 0 Å². The van der Waals surface area contributed by atoms with Crippen LogP contribution in [0.1, 0.15) is 27.6 Å². The molecule has 0 saturated carbocycles. The van der Waals surface area contributed by atoms with Crippen LogP contribution in [0.2, 0.25) is 0 Å². The van der Waals surface area contributed by atoms with E-state index in [0.29, 0.717) is 11.3 Å². The number of carboxylic acid groups (broad SMARTS) is 1. The normalized spacial score (nSPS) is 15.5. The number of aromatic carboxylic acids is 1. The first kappa shape index (κ1) is 12.6. The Morgan fingerprint density at radius 1 is 1.28 bits per heavy atom. The number of rotatable bonds is 3. The maximum absolute atomic E-state index is 11.4. The van der Waals surface area contributed by atoms with Crippen LogP contribution in [-0.2, 0) is 0 Å². The Morgan fingerprint density at radius 3 is 2.50 bits per heavy atom. The largest absolute Gasteiger partial charge is 0.478 e. The molecular weight excluding hydrogens is 232 g/mol. The van der Waals surface area contributed by atoms with Gasteiger partial charge in [-0.05, 0) is 19.1 Å². The summed E-state index contributed by atoms with van der Waals surface area (Å²) in [4.78, 5) is 24.6. The third-order valence-corrected chi connectivity index (χ3v) is 3.09. The lowest BCUT2D eigenvalue weighted by Gasteiger charge is -2.30. The zero-order chi connectivity index (χ0) is 13.1. The van der Waals surface area contributed by atoms with Crippen molar-refractivity contribution in [1.29, 1.82) is 0 Å². The highest BCUT2D eigenvalue weighted by atomic mass is 16.4. The second kappa shape index (κ2) is 5.18. The van der Waals surface area contributed by atoms with Crippen LogP contribution in [0, 0.1) is 0 Å². The zero-order valence-corrected chi connectivity index (χ0v) is 10.3. The molecule has 0 bridgehead atoms. The molecule has 1 aromatic carbocycles. The molecule has 2 rings (SSSR count). The minimum atomic E-state index is -0.960. The SMILES string of the molecule is CC(=O)c1ccc(C(=O)O)c(N2CCNCC2)c1. The van der Waals surface area contributed by atoms with E-state index in [-0.39, 0.29) is 11.3 Å². The van der Waals surface area contributed by atoms with Crippen LogP contribution in [0.15, 0.2) is 18.2 Å². The molecule has 5 heteroatoms. The molecule has 0 amide bonds. The highest BCUT2D eigenvalue weighted by Gasteiger charge is 2.19. The van der Waals surface area contributed by atoms with Crippen LogP contribution in [0.4, 0.5) is 5.69 Å². The van der Waals surface area contributed by atoms with Crippen molar-refractivity contribution in [3.05, 3.63) is 29.3 Å². The van der Waals surface area contributed by atoms with Crippen molar-refractivity contribution in [3.8, 4) is 0 Å². The smallest absolute Gasteiger partial charge is 0.337 e. The number of hydrogen-bond donors (Lipinski definition) is 2. The van der Waals surface area contributed by atoms with Crippen molar-refractivity contribution >= 4 is 17.4 Å². The van der Waals surface area contributed by atoms with Gasteiger partial charge in [-0.2, -0.15) is 0 Å². The maximum atomic E-state index is 11.4. The van der Waals surface area contributed by atoms with Crippen molar-refractivity contribution in [2.45, 2.75) is 6.92 Å². The van der Waals surface area contributed by atoms with E-state index in [0.717, 1.165) is 26.2 Å². The van der Waals surface area contributed by atoms with Gasteiger partial charge in [0.1, 0.15) is 0 Å². The van der Waals surface area contributed by atoms with Crippen LogP contribution in [0.3, 0.4) is 0 Å².